The molecule has 7 atom stereocenters. The van der Waals surface area contributed by atoms with Crippen LogP contribution >= 0.6 is 34.7 Å². The minimum absolute atomic E-state index is 0.00470. The Balaban J connectivity index is 1.09. The highest BCUT2D eigenvalue weighted by molar-refractivity contribution is 8.00. The van der Waals surface area contributed by atoms with Gasteiger partial charge in [-0.1, -0.05) is 29.0 Å². The molecule has 4 aromatic rings. The average Bonchev–Trinajstić information content (AvgIpc) is 3.80. The van der Waals surface area contributed by atoms with Crippen LogP contribution in [-0.2, 0) is 14.4 Å². The second-order valence-corrected chi connectivity index (χ2v) is 14.8. The van der Waals surface area contributed by atoms with E-state index in [1.807, 2.05) is 12.1 Å². The fourth-order valence-corrected chi connectivity index (χ4v) is 11.1. The van der Waals surface area contributed by atoms with Crippen LogP contribution in [0.15, 0.2) is 76.6 Å². The number of methoxy groups -OCH3 is 1. The number of aromatic amines is 1. The Bertz CT molecular complexity index is 1980. The molecule has 2 N–H and O–H groups in total. The van der Waals surface area contributed by atoms with Gasteiger partial charge in [-0.2, -0.15) is 0 Å². The lowest BCUT2D eigenvalue weighted by Gasteiger charge is -2.43. The number of nitrogens with zero attached hydrogens (tertiary/aromatic N) is 1. The normalized spacial score (nSPS) is 27.0. The minimum atomic E-state index is -0.436. The number of amides is 3. The smallest absolute Gasteiger partial charge is 0.305 e. The molecule has 240 valence electrons. The van der Waals surface area contributed by atoms with E-state index in [2.05, 4.69) is 10.3 Å². The summed E-state index contributed by atoms with van der Waals surface area (Å²) in [7, 11) is 1.51. The number of hydrogen-bond donors (Lipinski definition) is 2. The zero-order chi connectivity index (χ0) is 32.6. The number of thioether (sulfide) groups is 1. The van der Waals surface area contributed by atoms with E-state index >= 15 is 0 Å². The van der Waals surface area contributed by atoms with Crippen molar-refractivity contribution in [2.45, 2.75) is 22.6 Å². The van der Waals surface area contributed by atoms with E-state index in [1.165, 1.54) is 47.6 Å². The van der Waals surface area contributed by atoms with E-state index in [9.17, 15) is 23.6 Å². The van der Waals surface area contributed by atoms with Crippen molar-refractivity contribution in [3.63, 3.8) is 0 Å². The molecule has 1 saturated heterocycles. The van der Waals surface area contributed by atoms with Gasteiger partial charge in [0.2, 0.25) is 11.8 Å². The van der Waals surface area contributed by atoms with E-state index in [1.54, 1.807) is 42.1 Å². The molecule has 8 rings (SSSR count). The van der Waals surface area contributed by atoms with Crippen LogP contribution in [0.2, 0.25) is 5.02 Å². The van der Waals surface area contributed by atoms with Crippen molar-refractivity contribution in [3.8, 4) is 11.5 Å². The van der Waals surface area contributed by atoms with Crippen LogP contribution in [0.25, 0.3) is 0 Å². The fraction of sp³-hybridized carbons (Fsp3) is 0.294. The summed E-state index contributed by atoms with van der Waals surface area (Å²) in [6, 6.07) is 17.7. The first-order valence-electron chi connectivity index (χ1n) is 15.1. The summed E-state index contributed by atoms with van der Waals surface area (Å²) in [5, 5.41) is 4.03. The Labute approximate surface area is 281 Å². The first kappa shape index (κ1) is 30.2. The van der Waals surface area contributed by atoms with Gasteiger partial charge in [0.05, 0.1) is 29.7 Å². The van der Waals surface area contributed by atoms with E-state index in [0.29, 0.717) is 27.9 Å². The number of rotatable bonds is 7. The third-order valence-electron chi connectivity index (χ3n) is 9.84. The Morgan fingerprint density at radius 1 is 1.00 bits per heavy atom. The number of anilines is 2. The number of carbonyl (C=O) groups excluding carboxylic acids is 3. The lowest BCUT2D eigenvalue weighted by molar-refractivity contribution is -0.123. The number of aromatic nitrogens is 1. The highest BCUT2D eigenvalue weighted by Gasteiger charge is 2.69. The van der Waals surface area contributed by atoms with Gasteiger partial charge in [0, 0.05) is 26.8 Å². The third kappa shape index (κ3) is 4.96. The number of ether oxygens (including phenoxy) is 2. The highest BCUT2D eigenvalue weighted by Crippen LogP contribution is 2.68. The molecule has 2 saturated carbocycles. The van der Waals surface area contributed by atoms with Crippen LogP contribution in [0.5, 0.6) is 11.5 Å². The summed E-state index contributed by atoms with van der Waals surface area (Å²) < 4.78 is 24.7. The van der Waals surface area contributed by atoms with E-state index in [-0.39, 0.29) is 52.2 Å². The first-order chi connectivity index (χ1) is 22.7. The molecule has 4 unspecified atom stereocenters. The molecule has 2 aliphatic carbocycles. The molecule has 4 aliphatic rings. The second-order valence-electron chi connectivity index (χ2n) is 12.2. The van der Waals surface area contributed by atoms with Crippen molar-refractivity contribution in [2.24, 2.45) is 29.6 Å². The number of H-pyrrole nitrogens is 1. The second kappa shape index (κ2) is 11.5. The maximum absolute atomic E-state index is 14.0. The predicted octanol–water partition coefficient (Wildman–Crippen LogP) is 5.93. The summed E-state index contributed by atoms with van der Waals surface area (Å²) in [5.74, 6) is -1.51. The maximum atomic E-state index is 14.0. The van der Waals surface area contributed by atoms with Crippen LogP contribution in [0, 0.1) is 35.4 Å². The molecule has 0 spiro atoms. The maximum Gasteiger partial charge on any atom is 0.305 e. The van der Waals surface area contributed by atoms with Crippen molar-refractivity contribution in [2.75, 3.05) is 23.9 Å². The standard InChI is InChI=1S/C34H27ClFN3O6S2/c1-44-23-12-15(2-11-22(23)45-14-24(40)37-18-7-5-17(36)6-8-18)25-26-20-13-21(29(26)46-31-30(25)47-34(43)38-31)28-27(20)32(41)39(33(28)42)19-9-3-16(35)4-10-19/h2-12,20-21,25-29H,13-14H2,1H3,(H,37,40)(H,38,43)/t20-,21-,25-,26?,27?,28?,29?/m1/s1. The Morgan fingerprint density at radius 2 is 1.72 bits per heavy atom. The number of benzene rings is 3. The van der Waals surface area contributed by atoms with Crippen molar-refractivity contribution in [1.29, 1.82) is 0 Å². The average molecular weight is 692 g/mol. The van der Waals surface area contributed by atoms with Gasteiger partial charge in [0.25, 0.3) is 5.91 Å². The number of carbonyl (C=O) groups is 3. The van der Waals surface area contributed by atoms with Gasteiger partial charge < -0.3 is 19.8 Å². The van der Waals surface area contributed by atoms with E-state index < -0.39 is 23.6 Å². The SMILES string of the molecule is COc1cc([C@H]2c3sc(=O)[nH]c3SC3C2[C@H]2C[C@@H]3C3C(=O)N(c4ccc(Cl)cc4)C(=O)C32)ccc1OCC(=O)Nc1ccc(F)cc1. The third-order valence-corrected chi connectivity index (χ3v) is 12.7. The van der Waals surface area contributed by atoms with Gasteiger partial charge in [-0.05, 0) is 90.4 Å². The molecule has 3 heterocycles. The lowest BCUT2D eigenvalue weighted by atomic mass is 9.68. The van der Waals surface area contributed by atoms with Gasteiger partial charge >= 0.3 is 4.87 Å². The zero-order valence-electron chi connectivity index (χ0n) is 24.8. The molecule has 2 aliphatic heterocycles. The zero-order valence-corrected chi connectivity index (χ0v) is 27.2. The summed E-state index contributed by atoms with van der Waals surface area (Å²) >= 11 is 8.88. The molecule has 13 heteroatoms. The topological polar surface area (TPSA) is 118 Å². The Morgan fingerprint density at radius 3 is 2.45 bits per heavy atom. The molecule has 3 amide bonds. The Hall–Kier alpha value is -4.13. The molecular formula is C34H27ClFN3O6S2. The molecule has 0 radical (unpaired) electrons. The first-order valence-corrected chi connectivity index (χ1v) is 17.2. The van der Waals surface area contributed by atoms with Crippen LogP contribution < -0.4 is 24.6 Å². The van der Waals surface area contributed by atoms with Gasteiger partial charge in [-0.25, -0.2) is 4.39 Å². The predicted molar refractivity (Wildman–Crippen MR) is 176 cm³/mol. The number of thiazole rings is 1. The van der Waals surface area contributed by atoms with Gasteiger partial charge in [-0.3, -0.25) is 24.1 Å². The molecular weight excluding hydrogens is 665 g/mol. The molecule has 3 fully saturated rings. The summed E-state index contributed by atoms with van der Waals surface area (Å²) in [6.07, 6.45) is 0.765. The largest absolute Gasteiger partial charge is 0.493 e. The molecule has 47 heavy (non-hydrogen) atoms. The quantitative estimate of drug-likeness (QED) is 0.231. The minimum Gasteiger partial charge on any atom is -0.493 e. The number of nitrogens with one attached hydrogen (secondary N) is 2. The van der Waals surface area contributed by atoms with Crippen LogP contribution in [-0.4, -0.2) is 41.7 Å². The molecule has 2 bridgehead atoms. The van der Waals surface area contributed by atoms with Crippen LogP contribution in [0.3, 0.4) is 0 Å². The van der Waals surface area contributed by atoms with E-state index in [4.69, 9.17) is 21.1 Å². The van der Waals surface area contributed by atoms with Crippen molar-refractivity contribution in [3.05, 3.63) is 97.7 Å². The molecule has 9 nitrogen and oxygen atoms in total. The molecule has 1 aromatic heterocycles. The van der Waals surface area contributed by atoms with E-state index in [0.717, 1.165) is 21.9 Å². The summed E-state index contributed by atoms with van der Waals surface area (Å²) in [5.41, 5.74) is 1.87. The molecule has 3 aromatic carbocycles. The number of fused-ring (bicyclic) bond motifs is 9. The van der Waals surface area contributed by atoms with Crippen molar-refractivity contribution < 1.29 is 28.2 Å². The van der Waals surface area contributed by atoms with Gasteiger partial charge in [0.15, 0.2) is 18.1 Å². The Kier molecular flexibility index (Phi) is 7.42. The van der Waals surface area contributed by atoms with Crippen molar-refractivity contribution >= 4 is 63.8 Å². The monoisotopic (exact) mass is 691 g/mol. The number of hydrogen-bond acceptors (Lipinski definition) is 8. The number of halogens is 2. The van der Waals surface area contributed by atoms with Crippen molar-refractivity contribution in [1.82, 2.24) is 4.98 Å². The number of imide groups is 1. The highest BCUT2D eigenvalue weighted by atomic mass is 35.5. The summed E-state index contributed by atoms with van der Waals surface area (Å²) in [4.78, 5) is 58.1. The van der Waals surface area contributed by atoms with Gasteiger partial charge in [-0.15, -0.1) is 11.8 Å². The van der Waals surface area contributed by atoms with Gasteiger partial charge in [0.1, 0.15) is 5.82 Å². The van der Waals surface area contributed by atoms with Crippen LogP contribution in [0.4, 0.5) is 15.8 Å². The summed E-state index contributed by atoms with van der Waals surface area (Å²) in [6.45, 7) is -0.297. The van der Waals surface area contributed by atoms with Crippen LogP contribution in [0.1, 0.15) is 22.8 Å². The fourth-order valence-electron chi connectivity index (χ4n) is 8.11. The lowest BCUT2D eigenvalue weighted by Crippen LogP contribution is -2.42.